The molecule has 0 fully saturated rings. The van der Waals surface area contributed by atoms with Crippen molar-refractivity contribution in [2.75, 3.05) is 0 Å². The summed E-state index contributed by atoms with van der Waals surface area (Å²) in [5, 5.41) is 4.36. The van der Waals surface area contributed by atoms with Crippen molar-refractivity contribution < 1.29 is 0 Å². The van der Waals surface area contributed by atoms with Crippen LogP contribution in [0, 0.1) is 5.92 Å². The molecule has 0 aliphatic rings. The zero-order valence-electron chi connectivity index (χ0n) is 10.2. The van der Waals surface area contributed by atoms with Crippen LogP contribution in [0.25, 0.3) is 0 Å². The van der Waals surface area contributed by atoms with Gasteiger partial charge in [-0.2, -0.15) is 5.10 Å². The monoisotopic (exact) mass is 210 g/mol. The van der Waals surface area contributed by atoms with Gasteiger partial charge in [-0.05, 0) is 12.3 Å². The average Bonchev–Trinajstić information content (AvgIpc) is 2.58. The fourth-order valence-electron chi connectivity index (χ4n) is 1.58. The Bertz CT molecular complexity index is 306. The average molecular weight is 210 g/mol. The molecule has 0 radical (unpaired) electrons. The van der Waals surface area contributed by atoms with Gasteiger partial charge in [0.2, 0.25) is 0 Å². The summed E-state index contributed by atoms with van der Waals surface area (Å²) < 4.78 is 1.82. The largest absolute Gasteiger partial charge is 0.321 e. The SMILES string of the molecule is CCCc1nc(C(N)C(C)CC)n(C)n1. The third-order valence-corrected chi connectivity index (χ3v) is 2.87. The van der Waals surface area contributed by atoms with Crippen molar-refractivity contribution in [3.63, 3.8) is 0 Å². The predicted molar refractivity (Wildman–Crippen MR) is 61.4 cm³/mol. The summed E-state index contributed by atoms with van der Waals surface area (Å²) in [5.41, 5.74) is 6.14. The van der Waals surface area contributed by atoms with Gasteiger partial charge in [-0.1, -0.05) is 27.2 Å². The summed E-state index contributed by atoms with van der Waals surface area (Å²) in [6.07, 6.45) is 3.07. The van der Waals surface area contributed by atoms with Crippen molar-refractivity contribution in [2.24, 2.45) is 18.7 Å². The normalized spacial score (nSPS) is 15.3. The van der Waals surface area contributed by atoms with E-state index in [0.717, 1.165) is 30.9 Å². The minimum absolute atomic E-state index is 0.00175. The molecule has 1 aromatic rings. The van der Waals surface area contributed by atoms with Crippen LogP contribution in [0.1, 0.15) is 51.3 Å². The van der Waals surface area contributed by atoms with E-state index in [-0.39, 0.29) is 6.04 Å². The molecule has 4 nitrogen and oxygen atoms in total. The highest BCUT2D eigenvalue weighted by Crippen LogP contribution is 2.19. The molecule has 1 rings (SSSR count). The summed E-state index contributed by atoms with van der Waals surface area (Å²) in [7, 11) is 1.92. The van der Waals surface area contributed by atoms with Crippen LogP contribution in [0.3, 0.4) is 0 Å². The summed E-state index contributed by atoms with van der Waals surface area (Å²) >= 11 is 0. The number of aryl methyl sites for hydroxylation is 2. The van der Waals surface area contributed by atoms with Gasteiger partial charge in [0.15, 0.2) is 5.82 Å². The van der Waals surface area contributed by atoms with E-state index < -0.39 is 0 Å². The topological polar surface area (TPSA) is 56.7 Å². The fourth-order valence-corrected chi connectivity index (χ4v) is 1.58. The molecular formula is C11H22N4. The lowest BCUT2D eigenvalue weighted by atomic mass is 9.99. The van der Waals surface area contributed by atoms with Gasteiger partial charge in [-0.15, -0.1) is 0 Å². The Kier molecular flexibility index (Phi) is 4.27. The molecule has 1 aromatic heterocycles. The fraction of sp³-hybridized carbons (Fsp3) is 0.818. The highest BCUT2D eigenvalue weighted by Gasteiger charge is 2.19. The molecule has 15 heavy (non-hydrogen) atoms. The van der Waals surface area contributed by atoms with Crippen LogP contribution in [0.2, 0.25) is 0 Å². The maximum Gasteiger partial charge on any atom is 0.151 e. The first-order valence-corrected chi connectivity index (χ1v) is 5.75. The van der Waals surface area contributed by atoms with E-state index in [4.69, 9.17) is 5.73 Å². The summed E-state index contributed by atoms with van der Waals surface area (Å²) in [4.78, 5) is 4.50. The molecule has 2 atom stereocenters. The third kappa shape index (κ3) is 2.78. The Hall–Kier alpha value is -0.900. The van der Waals surface area contributed by atoms with E-state index in [2.05, 4.69) is 30.9 Å². The maximum absolute atomic E-state index is 6.14. The van der Waals surface area contributed by atoms with Gasteiger partial charge in [0, 0.05) is 13.5 Å². The molecule has 0 saturated heterocycles. The molecule has 0 aliphatic heterocycles. The number of nitrogens with zero attached hydrogens (tertiary/aromatic N) is 3. The van der Waals surface area contributed by atoms with Gasteiger partial charge in [0.1, 0.15) is 5.82 Å². The molecule has 0 amide bonds. The molecule has 0 aromatic carbocycles. The molecular weight excluding hydrogens is 188 g/mol. The Morgan fingerprint density at radius 2 is 2.07 bits per heavy atom. The van der Waals surface area contributed by atoms with Gasteiger partial charge in [0.25, 0.3) is 0 Å². The summed E-state index contributed by atoms with van der Waals surface area (Å²) in [6.45, 7) is 6.43. The van der Waals surface area contributed by atoms with Gasteiger partial charge in [-0.25, -0.2) is 4.98 Å². The van der Waals surface area contributed by atoms with Crippen LogP contribution in [-0.4, -0.2) is 14.8 Å². The molecule has 0 aliphatic carbocycles. The van der Waals surface area contributed by atoms with E-state index >= 15 is 0 Å². The molecule has 1 heterocycles. The molecule has 0 saturated carbocycles. The lowest BCUT2D eigenvalue weighted by Gasteiger charge is -2.16. The van der Waals surface area contributed by atoms with E-state index in [9.17, 15) is 0 Å². The van der Waals surface area contributed by atoms with E-state index in [1.165, 1.54) is 0 Å². The Morgan fingerprint density at radius 3 is 2.60 bits per heavy atom. The first-order valence-electron chi connectivity index (χ1n) is 5.75. The molecule has 0 bridgehead atoms. The second kappa shape index (κ2) is 5.26. The van der Waals surface area contributed by atoms with Crippen molar-refractivity contribution in [1.29, 1.82) is 0 Å². The van der Waals surface area contributed by atoms with Crippen molar-refractivity contribution in [3.8, 4) is 0 Å². The lowest BCUT2D eigenvalue weighted by molar-refractivity contribution is 0.425. The highest BCUT2D eigenvalue weighted by molar-refractivity contribution is 4.99. The highest BCUT2D eigenvalue weighted by atomic mass is 15.3. The smallest absolute Gasteiger partial charge is 0.151 e. The van der Waals surface area contributed by atoms with Crippen LogP contribution in [0.4, 0.5) is 0 Å². The Labute approximate surface area is 91.9 Å². The number of rotatable bonds is 5. The molecule has 4 heteroatoms. The second-order valence-corrected chi connectivity index (χ2v) is 4.17. The number of hydrogen-bond acceptors (Lipinski definition) is 3. The first-order chi connectivity index (χ1) is 7.10. The Balaban J connectivity index is 2.84. The molecule has 2 N–H and O–H groups in total. The second-order valence-electron chi connectivity index (χ2n) is 4.17. The zero-order chi connectivity index (χ0) is 11.4. The minimum atomic E-state index is -0.00175. The quantitative estimate of drug-likeness (QED) is 0.806. The standard InChI is InChI=1S/C11H22N4/c1-5-7-9-13-11(15(4)14-9)10(12)8(3)6-2/h8,10H,5-7,12H2,1-4H3. The number of nitrogens with two attached hydrogens (primary N) is 1. The van der Waals surface area contributed by atoms with Crippen molar-refractivity contribution >= 4 is 0 Å². The number of aromatic nitrogens is 3. The van der Waals surface area contributed by atoms with Gasteiger partial charge >= 0.3 is 0 Å². The van der Waals surface area contributed by atoms with Gasteiger partial charge < -0.3 is 5.73 Å². The lowest BCUT2D eigenvalue weighted by Crippen LogP contribution is -2.22. The molecule has 86 valence electrons. The summed E-state index contributed by atoms with van der Waals surface area (Å²) in [6, 6.07) is -0.00175. The van der Waals surface area contributed by atoms with E-state index in [0.29, 0.717) is 5.92 Å². The maximum atomic E-state index is 6.14. The predicted octanol–water partition coefficient (Wildman–Crippen LogP) is 1.81. The van der Waals surface area contributed by atoms with E-state index in [1.807, 2.05) is 11.7 Å². The van der Waals surface area contributed by atoms with Crippen molar-refractivity contribution in [2.45, 2.75) is 46.1 Å². The van der Waals surface area contributed by atoms with Crippen LogP contribution in [-0.2, 0) is 13.5 Å². The first kappa shape index (κ1) is 12.2. The molecule has 2 unspecified atom stereocenters. The van der Waals surface area contributed by atoms with Crippen molar-refractivity contribution in [3.05, 3.63) is 11.6 Å². The van der Waals surface area contributed by atoms with Gasteiger partial charge in [-0.3, -0.25) is 4.68 Å². The zero-order valence-corrected chi connectivity index (χ0v) is 10.2. The van der Waals surface area contributed by atoms with E-state index in [1.54, 1.807) is 0 Å². The molecule has 0 spiro atoms. The van der Waals surface area contributed by atoms with Crippen LogP contribution in [0.5, 0.6) is 0 Å². The minimum Gasteiger partial charge on any atom is -0.321 e. The Morgan fingerprint density at radius 1 is 1.40 bits per heavy atom. The van der Waals surface area contributed by atoms with Crippen molar-refractivity contribution in [1.82, 2.24) is 14.8 Å². The van der Waals surface area contributed by atoms with Crippen LogP contribution < -0.4 is 5.73 Å². The summed E-state index contributed by atoms with van der Waals surface area (Å²) in [5.74, 6) is 2.27. The third-order valence-electron chi connectivity index (χ3n) is 2.87. The number of hydrogen-bond donors (Lipinski definition) is 1. The van der Waals surface area contributed by atoms with Crippen LogP contribution in [0.15, 0.2) is 0 Å². The van der Waals surface area contributed by atoms with Crippen LogP contribution >= 0.6 is 0 Å². The van der Waals surface area contributed by atoms with Gasteiger partial charge in [0.05, 0.1) is 6.04 Å².